The Hall–Kier alpha value is -1.14. The van der Waals surface area contributed by atoms with Crippen molar-refractivity contribution in [2.24, 2.45) is 4.99 Å². The zero-order chi connectivity index (χ0) is 17.2. The maximum atomic E-state index is 4.64. The van der Waals surface area contributed by atoms with Gasteiger partial charge in [0.2, 0.25) is 0 Å². The quantitative estimate of drug-likeness (QED) is 0.536. The second-order valence-electron chi connectivity index (χ2n) is 6.12. The second kappa shape index (κ2) is 10.6. The van der Waals surface area contributed by atoms with Gasteiger partial charge in [-0.15, -0.1) is 11.3 Å². The molecule has 0 bridgehead atoms. The predicted molar refractivity (Wildman–Crippen MR) is 101 cm³/mol. The SMILES string of the molecule is CCNC(=NCc1ncc(CC)s1)NCCN(C(C)C)C(C)C. The molecular formula is C17H33N5S. The van der Waals surface area contributed by atoms with Crippen LogP contribution in [0.15, 0.2) is 11.2 Å². The molecule has 2 N–H and O–H groups in total. The standard InChI is InChI=1S/C17H33N5S/c1-7-15-11-20-16(23-15)12-21-17(18-8-2)19-9-10-22(13(3)4)14(5)6/h11,13-14H,7-10,12H2,1-6H3,(H2,18,19,21). The molecule has 0 aliphatic heterocycles. The second-order valence-corrected chi connectivity index (χ2v) is 7.32. The molecule has 0 aliphatic rings. The van der Waals surface area contributed by atoms with E-state index in [4.69, 9.17) is 0 Å². The number of guanidine groups is 1. The molecule has 23 heavy (non-hydrogen) atoms. The van der Waals surface area contributed by atoms with Crippen LogP contribution in [0.4, 0.5) is 0 Å². The van der Waals surface area contributed by atoms with Crippen LogP contribution in [0.5, 0.6) is 0 Å². The van der Waals surface area contributed by atoms with Gasteiger partial charge in [-0.1, -0.05) is 6.92 Å². The lowest BCUT2D eigenvalue weighted by molar-refractivity contribution is 0.178. The highest BCUT2D eigenvalue weighted by molar-refractivity contribution is 7.11. The molecule has 0 saturated heterocycles. The van der Waals surface area contributed by atoms with Crippen LogP contribution in [0.3, 0.4) is 0 Å². The van der Waals surface area contributed by atoms with E-state index < -0.39 is 0 Å². The topological polar surface area (TPSA) is 52.6 Å². The third-order valence-electron chi connectivity index (χ3n) is 3.66. The molecule has 1 aromatic heterocycles. The van der Waals surface area contributed by atoms with Crippen LogP contribution < -0.4 is 10.6 Å². The fourth-order valence-corrected chi connectivity index (χ4v) is 3.28. The molecule has 5 nitrogen and oxygen atoms in total. The van der Waals surface area contributed by atoms with E-state index in [2.05, 4.69) is 67.1 Å². The first-order valence-corrected chi connectivity index (χ1v) is 9.51. The van der Waals surface area contributed by atoms with Gasteiger partial charge in [0.15, 0.2) is 5.96 Å². The maximum absolute atomic E-state index is 4.64. The van der Waals surface area contributed by atoms with Gasteiger partial charge in [0, 0.05) is 42.8 Å². The number of nitrogens with zero attached hydrogens (tertiary/aromatic N) is 3. The molecule has 132 valence electrons. The smallest absolute Gasteiger partial charge is 0.191 e. The first kappa shape index (κ1) is 19.9. The Bertz CT molecular complexity index is 459. The number of thiazole rings is 1. The predicted octanol–water partition coefficient (Wildman–Crippen LogP) is 2.88. The van der Waals surface area contributed by atoms with Gasteiger partial charge >= 0.3 is 0 Å². The normalized spacial score (nSPS) is 12.5. The van der Waals surface area contributed by atoms with Crippen molar-refractivity contribution in [2.75, 3.05) is 19.6 Å². The van der Waals surface area contributed by atoms with Gasteiger partial charge in [0.1, 0.15) is 5.01 Å². The highest BCUT2D eigenvalue weighted by Gasteiger charge is 2.12. The number of hydrogen-bond donors (Lipinski definition) is 2. The van der Waals surface area contributed by atoms with Crippen molar-refractivity contribution >= 4 is 17.3 Å². The van der Waals surface area contributed by atoms with Crippen molar-refractivity contribution in [3.8, 4) is 0 Å². The van der Waals surface area contributed by atoms with Crippen LogP contribution in [-0.2, 0) is 13.0 Å². The fraction of sp³-hybridized carbons (Fsp3) is 0.765. The average molecular weight is 340 g/mol. The first-order chi connectivity index (χ1) is 11.0. The van der Waals surface area contributed by atoms with E-state index in [9.17, 15) is 0 Å². The number of aromatic nitrogens is 1. The molecule has 0 fully saturated rings. The maximum Gasteiger partial charge on any atom is 0.191 e. The molecule has 0 aromatic carbocycles. The van der Waals surface area contributed by atoms with E-state index in [1.54, 1.807) is 11.3 Å². The minimum absolute atomic E-state index is 0.555. The fourth-order valence-electron chi connectivity index (χ4n) is 2.49. The summed E-state index contributed by atoms with van der Waals surface area (Å²) in [5.74, 6) is 0.869. The van der Waals surface area contributed by atoms with Crippen molar-refractivity contribution in [2.45, 2.75) is 66.6 Å². The Kier molecular flexibility index (Phi) is 9.17. The summed E-state index contributed by atoms with van der Waals surface area (Å²) in [4.78, 5) is 12.9. The summed E-state index contributed by atoms with van der Waals surface area (Å²) in [6.07, 6.45) is 3.00. The third kappa shape index (κ3) is 7.31. The van der Waals surface area contributed by atoms with Crippen molar-refractivity contribution in [1.29, 1.82) is 0 Å². The molecule has 0 saturated carbocycles. The molecule has 0 radical (unpaired) electrons. The molecule has 0 aliphatic carbocycles. The summed E-state index contributed by atoms with van der Waals surface area (Å²) in [5.41, 5.74) is 0. The van der Waals surface area contributed by atoms with E-state index in [1.807, 2.05) is 6.20 Å². The molecule has 6 heteroatoms. The Morgan fingerprint density at radius 1 is 1.22 bits per heavy atom. The van der Waals surface area contributed by atoms with E-state index in [-0.39, 0.29) is 0 Å². The molecule has 1 heterocycles. The molecule has 1 aromatic rings. The average Bonchev–Trinajstić information content (AvgIpc) is 2.96. The Labute approximate surface area is 145 Å². The zero-order valence-electron chi connectivity index (χ0n) is 15.5. The molecule has 0 amide bonds. The summed E-state index contributed by atoms with van der Waals surface area (Å²) in [7, 11) is 0. The summed E-state index contributed by atoms with van der Waals surface area (Å²) >= 11 is 1.75. The molecular weight excluding hydrogens is 306 g/mol. The largest absolute Gasteiger partial charge is 0.357 e. The van der Waals surface area contributed by atoms with Gasteiger partial charge in [-0.05, 0) is 41.0 Å². The Balaban J connectivity index is 2.51. The van der Waals surface area contributed by atoms with Crippen molar-refractivity contribution in [3.05, 3.63) is 16.1 Å². The van der Waals surface area contributed by atoms with Gasteiger partial charge in [-0.25, -0.2) is 9.98 Å². The monoisotopic (exact) mass is 339 g/mol. The zero-order valence-corrected chi connectivity index (χ0v) is 16.3. The van der Waals surface area contributed by atoms with Crippen LogP contribution in [0.2, 0.25) is 0 Å². The minimum Gasteiger partial charge on any atom is -0.357 e. The Morgan fingerprint density at radius 2 is 1.91 bits per heavy atom. The van der Waals surface area contributed by atoms with Crippen LogP contribution in [0, 0.1) is 0 Å². The summed E-state index contributed by atoms with van der Waals surface area (Å²) in [5, 5.41) is 7.80. The molecule has 0 spiro atoms. The number of rotatable bonds is 9. The Morgan fingerprint density at radius 3 is 2.43 bits per heavy atom. The van der Waals surface area contributed by atoms with E-state index >= 15 is 0 Å². The van der Waals surface area contributed by atoms with Crippen molar-refractivity contribution in [3.63, 3.8) is 0 Å². The number of aryl methyl sites for hydroxylation is 1. The van der Waals surface area contributed by atoms with Gasteiger partial charge < -0.3 is 10.6 Å². The van der Waals surface area contributed by atoms with E-state index in [1.165, 1.54) is 4.88 Å². The molecule has 1 rings (SSSR count). The van der Waals surface area contributed by atoms with Crippen LogP contribution in [0.1, 0.15) is 51.4 Å². The van der Waals surface area contributed by atoms with Crippen LogP contribution in [0.25, 0.3) is 0 Å². The van der Waals surface area contributed by atoms with Gasteiger partial charge in [0.25, 0.3) is 0 Å². The van der Waals surface area contributed by atoms with Gasteiger partial charge in [-0.3, -0.25) is 4.90 Å². The lowest BCUT2D eigenvalue weighted by Gasteiger charge is -2.30. The number of aliphatic imine (C=N–C) groups is 1. The first-order valence-electron chi connectivity index (χ1n) is 8.69. The van der Waals surface area contributed by atoms with E-state index in [0.29, 0.717) is 18.6 Å². The van der Waals surface area contributed by atoms with Crippen LogP contribution in [-0.4, -0.2) is 47.6 Å². The van der Waals surface area contributed by atoms with Gasteiger partial charge in [-0.2, -0.15) is 0 Å². The lowest BCUT2D eigenvalue weighted by atomic mass is 10.2. The summed E-state index contributed by atoms with van der Waals surface area (Å²) in [6.45, 7) is 16.6. The molecule has 0 atom stereocenters. The van der Waals surface area contributed by atoms with E-state index in [0.717, 1.165) is 37.0 Å². The summed E-state index contributed by atoms with van der Waals surface area (Å²) in [6, 6.07) is 1.11. The highest BCUT2D eigenvalue weighted by atomic mass is 32.1. The highest BCUT2D eigenvalue weighted by Crippen LogP contribution is 2.13. The van der Waals surface area contributed by atoms with Crippen molar-refractivity contribution in [1.82, 2.24) is 20.5 Å². The molecule has 0 unspecified atom stereocenters. The minimum atomic E-state index is 0.555. The number of nitrogens with one attached hydrogen (secondary N) is 2. The summed E-state index contributed by atoms with van der Waals surface area (Å²) < 4.78 is 0. The van der Waals surface area contributed by atoms with Crippen LogP contribution >= 0.6 is 11.3 Å². The third-order valence-corrected chi connectivity index (χ3v) is 4.78. The van der Waals surface area contributed by atoms with Gasteiger partial charge in [0.05, 0.1) is 6.54 Å². The van der Waals surface area contributed by atoms with Crippen molar-refractivity contribution < 1.29 is 0 Å². The number of hydrogen-bond acceptors (Lipinski definition) is 4. The lowest BCUT2D eigenvalue weighted by Crippen LogP contribution is -2.45.